The molecule has 6 heteroatoms. The summed E-state index contributed by atoms with van der Waals surface area (Å²) < 4.78 is 0. The van der Waals surface area contributed by atoms with Crippen molar-refractivity contribution >= 4 is 23.3 Å². The van der Waals surface area contributed by atoms with Crippen molar-refractivity contribution in [1.29, 1.82) is 5.26 Å². The molecule has 1 N–H and O–H groups in total. The number of hydrogen-bond acceptors (Lipinski definition) is 4. The van der Waals surface area contributed by atoms with Gasteiger partial charge in [0.2, 0.25) is 0 Å². The summed E-state index contributed by atoms with van der Waals surface area (Å²) in [6, 6.07) is 11.0. The summed E-state index contributed by atoms with van der Waals surface area (Å²) in [6.45, 7) is 5.85. The molecule has 0 radical (unpaired) electrons. The van der Waals surface area contributed by atoms with E-state index in [4.69, 9.17) is 16.9 Å². The third kappa shape index (κ3) is 4.24. The van der Waals surface area contributed by atoms with E-state index in [0.717, 1.165) is 5.56 Å². The fourth-order valence-corrected chi connectivity index (χ4v) is 2.51. The number of hydrogen-bond donors (Lipinski definition) is 1. The van der Waals surface area contributed by atoms with Gasteiger partial charge >= 0.3 is 0 Å². The molecule has 124 valence electrons. The highest BCUT2D eigenvalue weighted by atomic mass is 35.5. The van der Waals surface area contributed by atoms with Crippen LogP contribution in [0.5, 0.6) is 0 Å². The topological polar surface area (TPSA) is 69.0 Å². The summed E-state index contributed by atoms with van der Waals surface area (Å²) in [4.78, 5) is 18.2. The van der Waals surface area contributed by atoms with E-state index in [2.05, 4.69) is 10.3 Å². The van der Waals surface area contributed by atoms with Crippen LogP contribution in [0.1, 0.15) is 35.3 Å². The highest BCUT2D eigenvalue weighted by Gasteiger charge is 2.12. The molecular weight excluding hydrogens is 324 g/mol. The van der Waals surface area contributed by atoms with Crippen LogP contribution in [-0.2, 0) is 6.54 Å². The molecule has 0 bridgehead atoms. The van der Waals surface area contributed by atoms with Crippen LogP contribution < -0.4 is 5.32 Å². The molecule has 0 unspecified atom stereocenters. The Labute approximate surface area is 146 Å². The monoisotopic (exact) mass is 342 g/mol. The normalized spacial score (nSPS) is 10.1. The zero-order valence-electron chi connectivity index (χ0n) is 13.7. The minimum atomic E-state index is 0.0383. The fraction of sp³-hybridized carbons (Fsp3) is 0.278. The molecule has 0 saturated heterocycles. The van der Waals surface area contributed by atoms with Crippen LogP contribution in [0.25, 0.3) is 0 Å². The van der Waals surface area contributed by atoms with Crippen molar-refractivity contribution in [2.24, 2.45) is 0 Å². The molecule has 0 saturated carbocycles. The number of nitriles is 1. The van der Waals surface area contributed by atoms with E-state index in [-0.39, 0.29) is 5.91 Å². The van der Waals surface area contributed by atoms with Crippen molar-refractivity contribution in [3.8, 4) is 6.07 Å². The molecule has 24 heavy (non-hydrogen) atoms. The van der Waals surface area contributed by atoms with Crippen molar-refractivity contribution in [2.75, 3.05) is 18.4 Å². The number of rotatable bonds is 6. The Bertz CT molecular complexity index is 749. The lowest BCUT2D eigenvalue weighted by Crippen LogP contribution is -2.30. The van der Waals surface area contributed by atoms with E-state index < -0.39 is 0 Å². The van der Waals surface area contributed by atoms with E-state index in [1.54, 1.807) is 11.0 Å². The van der Waals surface area contributed by atoms with Gasteiger partial charge in [0.1, 0.15) is 11.9 Å². The van der Waals surface area contributed by atoms with Gasteiger partial charge in [-0.2, -0.15) is 5.26 Å². The van der Waals surface area contributed by atoms with Gasteiger partial charge in [0.25, 0.3) is 5.91 Å². The zero-order chi connectivity index (χ0) is 17.5. The van der Waals surface area contributed by atoms with E-state index in [1.165, 1.54) is 6.20 Å². The lowest BCUT2D eigenvalue weighted by atomic mass is 10.1. The molecular formula is C18H19ClN4O. The third-order valence-electron chi connectivity index (χ3n) is 3.68. The number of nitrogens with zero attached hydrogens (tertiary/aromatic N) is 3. The molecule has 0 aliphatic carbocycles. The van der Waals surface area contributed by atoms with Gasteiger partial charge in [-0.3, -0.25) is 4.79 Å². The van der Waals surface area contributed by atoms with E-state index >= 15 is 0 Å². The smallest absolute Gasteiger partial charge is 0.253 e. The molecule has 1 amide bonds. The Hall–Kier alpha value is -2.58. The summed E-state index contributed by atoms with van der Waals surface area (Å²) in [6.07, 6.45) is 1.47. The van der Waals surface area contributed by atoms with Gasteiger partial charge in [-0.05, 0) is 37.6 Å². The number of carbonyl (C=O) groups excluding carboxylic acids is 1. The third-order valence-corrected chi connectivity index (χ3v) is 3.97. The lowest BCUT2D eigenvalue weighted by molar-refractivity contribution is 0.0773. The van der Waals surface area contributed by atoms with Crippen LogP contribution >= 0.6 is 11.6 Å². The number of amides is 1. The summed E-state index contributed by atoms with van der Waals surface area (Å²) in [5.41, 5.74) is 2.11. The molecule has 2 aromatic rings. The zero-order valence-corrected chi connectivity index (χ0v) is 14.5. The van der Waals surface area contributed by atoms with E-state index in [9.17, 15) is 4.79 Å². The number of pyridine rings is 1. The van der Waals surface area contributed by atoms with Crippen LogP contribution in [0.4, 0.5) is 5.82 Å². The number of carbonyl (C=O) groups is 1. The molecule has 0 aliphatic heterocycles. The first-order chi connectivity index (χ1) is 11.6. The molecule has 1 heterocycles. The lowest BCUT2D eigenvalue weighted by Gasteiger charge is -2.18. The van der Waals surface area contributed by atoms with Gasteiger partial charge < -0.3 is 10.2 Å². The largest absolute Gasteiger partial charge is 0.365 e. The molecule has 1 aromatic carbocycles. The predicted octanol–water partition coefficient (Wildman–Crippen LogP) is 3.70. The van der Waals surface area contributed by atoms with Gasteiger partial charge in [0.05, 0.1) is 10.6 Å². The van der Waals surface area contributed by atoms with Crippen LogP contribution in [0.2, 0.25) is 5.02 Å². The van der Waals surface area contributed by atoms with Crippen molar-refractivity contribution in [3.05, 3.63) is 58.2 Å². The Morgan fingerprint density at radius 3 is 2.50 bits per heavy atom. The minimum Gasteiger partial charge on any atom is -0.365 e. The SMILES string of the molecule is CCN(CC)C(=O)c1ccc(CNc2ncc(C#N)cc2Cl)cc1. The molecule has 0 aliphatic rings. The number of halogens is 1. The van der Waals surface area contributed by atoms with Crippen LogP contribution in [0.15, 0.2) is 36.5 Å². The van der Waals surface area contributed by atoms with Crippen molar-refractivity contribution in [3.63, 3.8) is 0 Å². The minimum absolute atomic E-state index is 0.0383. The number of aromatic nitrogens is 1. The first-order valence-electron chi connectivity index (χ1n) is 7.76. The highest BCUT2D eigenvalue weighted by molar-refractivity contribution is 6.33. The number of benzene rings is 1. The summed E-state index contributed by atoms with van der Waals surface area (Å²) >= 11 is 6.08. The van der Waals surface area contributed by atoms with Gasteiger partial charge in [-0.15, -0.1) is 0 Å². The standard InChI is InChI=1S/C18H19ClN4O/c1-3-23(4-2)18(24)15-7-5-13(6-8-15)11-21-17-16(19)9-14(10-20)12-22-17/h5-9,12H,3-4,11H2,1-2H3,(H,21,22). The molecule has 1 aromatic heterocycles. The Balaban J connectivity index is 2.02. The van der Waals surface area contributed by atoms with Gasteiger partial charge in [-0.25, -0.2) is 4.98 Å². The number of anilines is 1. The molecule has 0 fully saturated rings. The second-order valence-corrected chi connectivity index (χ2v) is 5.60. The first-order valence-corrected chi connectivity index (χ1v) is 8.14. The first kappa shape index (κ1) is 17.8. The highest BCUT2D eigenvalue weighted by Crippen LogP contribution is 2.20. The van der Waals surface area contributed by atoms with Crippen molar-refractivity contribution < 1.29 is 4.79 Å². The summed E-state index contributed by atoms with van der Waals surface area (Å²) in [5, 5.41) is 12.3. The maximum atomic E-state index is 12.3. The Morgan fingerprint density at radius 1 is 1.29 bits per heavy atom. The second-order valence-electron chi connectivity index (χ2n) is 5.19. The van der Waals surface area contributed by atoms with Crippen LogP contribution in [0.3, 0.4) is 0 Å². The predicted molar refractivity (Wildman–Crippen MR) is 95.0 cm³/mol. The molecule has 0 spiro atoms. The van der Waals surface area contributed by atoms with E-state index in [0.29, 0.717) is 41.6 Å². The van der Waals surface area contributed by atoms with Gasteiger partial charge in [0, 0.05) is 31.4 Å². The quantitative estimate of drug-likeness (QED) is 0.869. The average Bonchev–Trinajstić information content (AvgIpc) is 2.62. The van der Waals surface area contributed by atoms with Crippen molar-refractivity contribution in [1.82, 2.24) is 9.88 Å². The molecule has 5 nitrogen and oxygen atoms in total. The maximum Gasteiger partial charge on any atom is 0.253 e. The van der Waals surface area contributed by atoms with Gasteiger partial charge in [0.15, 0.2) is 0 Å². The summed E-state index contributed by atoms with van der Waals surface area (Å²) in [7, 11) is 0. The molecule has 2 rings (SSSR count). The number of nitrogens with one attached hydrogen (secondary N) is 1. The Kier molecular flexibility index (Phi) is 6.16. The van der Waals surface area contributed by atoms with Gasteiger partial charge in [-0.1, -0.05) is 23.7 Å². The fourth-order valence-electron chi connectivity index (χ4n) is 2.27. The second kappa shape index (κ2) is 8.32. The van der Waals surface area contributed by atoms with Crippen LogP contribution in [0, 0.1) is 11.3 Å². The molecule has 0 atom stereocenters. The van der Waals surface area contributed by atoms with E-state index in [1.807, 2.05) is 44.2 Å². The maximum absolute atomic E-state index is 12.3. The average molecular weight is 343 g/mol. The van der Waals surface area contributed by atoms with Crippen molar-refractivity contribution in [2.45, 2.75) is 20.4 Å². The summed E-state index contributed by atoms with van der Waals surface area (Å²) in [5.74, 6) is 0.565. The Morgan fingerprint density at radius 2 is 1.96 bits per heavy atom. The van der Waals surface area contributed by atoms with Crippen LogP contribution in [-0.4, -0.2) is 28.9 Å².